The lowest BCUT2D eigenvalue weighted by Gasteiger charge is -2.24. The zero-order valence-corrected chi connectivity index (χ0v) is 17.4. The number of ketones is 1. The van der Waals surface area contributed by atoms with Gasteiger partial charge in [0.2, 0.25) is 0 Å². The Balaban J connectivity index is 2.01. The third kappa shape index (κ3) is 3.59. The first-order chi connectivity index (χ1) is 14.9. The fraction of sp³-hybridized carbons (Fsp3) is 0.0455. The lowest BCUT2D eigenvalue weighted by molar-refractivity contribution is -0.385. The molecular formula is C22H14BrN3O5. The quantitative estimate of drug-likeness (QED) is 0.195. The molecule has 0 spiro atoms. The van der Waals surface area contributed by atoms with E-state index in [4.69, 9.17) is 0 Å². The number of carbonyl (C=O) groups excluding carboxylic acids is 2. The molecule has 2 heterocycles. The molecule has 1 fully saturated rings. The van der Waals surface area contributed by atoms with E-state index in [-0.39, 0.29) is 22.6 Å². The van der Waals surface area contributed by atoms with E-state index in [2.05, 4.69) is 20.9 Å². The van der Waals surface area contributed by atoms with Crippen molar-refractivity contribution in [1.29, 1.82) is 0 Å². The van der Waals surface area contributed by atoms with Gasteiger partial charge in [-0.3, -0.25) is 24.6 Å². The summed E-state index contributed by atoms with van der Waals surface area (Å²) in [5, 5.41) is 22.7. The average Bonchev–Trinajstić information content (AvgIpc) is 3.05. The molecule has 1 aromatic heterocycles. The third-order valence-electron chi connectivity index (χ3n) is 4.88. The van der Waals surface area contributed by atoms with Gasteiger partial charge in [0, 0.05) is 22.3 Å². The fourth-order valence-corrected chi connectivity index (χ4v) is 3.74. The maximum Gasteiger partial charge on any atom is 0.301 e. The number of rotatable bonds is 4. The first-order valence-corrected chi connectivity index (χ1v) is 9.90. The number of para-hydroxylation sites is 1. The van der Waals surface area contributed by atoms with Gasteiger partial charge >= 0.3 is 5.91 Å². The van der Waals surface area contributed by atoms with Crippen LogP contribution >= 0.6 is 15.9 Å². The van der Waals surface area contributed by atoms with Gasteiger partial charge in [0.05, 0.1) is 16.1 Å². The van der Waals surface area contributed by atoms with E-state index >= 15 is 0 Å². The van der Waals surface area contributed by atoms with Crippen molar-refractivity contribution < 1.29 is 19.6 Å². The molecule has 1 aliphatic heterocycles. The second-order valence-electron chi connectivity index (χ2n) is 6.69. The number of anilines is 1. The van der Waals surface area contributed by atoms with E-state index in [1.165, 1.54) is 30.5 Å². The molecule has 1 unspecified atom stereocenters. The Hall–Kier alpha value is -3.85. The first-order valence-electron chi connectivity index (χ1n) is 9.11. The second-order valence-corrected chi connectivity index (χ2v) is 7.60. The van der Waals surface area contributed by atoms with Crippen LogP contribution in [0.1, 0.15) is 17.2 Å². The number of nitro benzene ring substituents is 1. The summed E-state index contributed by atoms with van der Waals surface area (Å²) in [5.41, 5.74) is -0.118. The molecule has 2 aromatic carbocycles. The maximum atomic E-state index is 13.0. The molecule has 1 N–H and O–H groups in total. The highest BCUT2D eigenvalue weighted by atomic mass is 79.9. The van der Waals surface area contributed by atoms with E-state index in [0.717, 1.165) is 4.90 Å². The van der Waals surface area contributed by atoms with Crippen LogP contribution in [0.15, 0.2) is 83.0 Å². The van der Waals surface area contributed by atoms with Crippen LogP contribution in [0.2, 0.25) is 0 Å². The van der Waals surface area contributed by atoms with Crippen LogP contribution in [-0.4, -0.2) is 26.7 Å². The van der Waals surface area contributed by atoms with E-state index in [0.29, 0.717) is 10.0 Å². The van der Waals surface area contributed by atoms with Crippen LogP contribution in [0, 0.1) is 10.1 Å². The van der Waals surface area contributed by atoms with Gasteiger partial charge in [-0.25, -0.2) is 4.98 Å². The Morgan fingerprint density at radius 3 is 2.35 bits per heavy atom. The van der Waals surface area contributed by atoms with Crippen LogP contribution in [0.25, 0.3) is 5.76 Å². The van der Waals surface area contributed by atoms with Crippen LogP contribution in [0.4, 0.5) is 11.5 Å². The molecule has 8 nitrogen and oxygen atoms in total. The van der Waals surface area contributed by atoms with Gasteiger partial charge in [-0.05, 0) is 34.1 Å². The van der Waals surface area contributed by atoms with Crippen molar-refractivity contribution in [2.75, 3.05) is 4.90 Å². The normalized spacial score (nSPS) is 17.7. The Morgan fingerprint density at radius 1 is 1.03 bits per heavy atom. The zero-order valence-electron chi connectivity index (χ0n) is 15.8. The molecule has 4 rings (SSSR count). The number of amides is 1. The molecule has 1 saturated heterocycles. The van der Waals surface area contributed by atoms with Crippen LogP contribution in [0.5, 0.6) is 0 Å². The predicted molar refractivity (Wildman–Crippen MR) is 116 cm³/mol. The van der Waals surface area contributed by atoms with Crippen molar-refractivity contribution in [3.8, 4) is 0 Å². The Kier molecular flexibility index (Phi) is 5.35. The highest BCUT2D eigenvalue weighted by Crippen LogP contribution is 2.44. The zero-order chi connectivity index (χ0) is 22.1. The number of Topliss-reactive ketones (excluding diaryl/α,β-unsaturated/α-hetero) is 1. The minimum absolute atomic E-state index is 0.0916. The van der Waals surface area contributed by atoms with Crippen molar-refractivity contribution >= 4 is 44.9 Å². The maximum absolute atomic E-state index is 13.0. The molecule has 3 aromatic rings. The number of aliphatic hydroxyl groups excluding tert-OH is 1. The van der Waals surface area contributed by atoms with Gasteiger partial charge in [0.15, 0.2) is 0 Å². The summed E-state index contributed by atoms with van der Waals surface area (Å²) in [6.45, 7) is 0. The number of pyridine rings is 1. The summed E-state index contributed by atoms with van der Waals surface area (Å²) in [5.74, 6) is -2.17. The summed E-state index contributed by atoms with van der Waals surface area (Å²) in [7, 11) is 0. The summed E-state index contributed by atoms with van der Waals surface area (Å²) >= 11 is 3.27. The van der Waals surface area contributed by atoms with Crippen LogP contribution < -0.4 is 4.90 Å². The minimum atomic E-state index is -1.23. The van der Waals surface area contributed by atoms with E-state index < -0.39 is 28.4 Å². The molecule has 1 amide bonds. The summed E-state index contributed by atoms with van der Waals surface area (Å²) in [6.07, 6.45) is 1.45. The number of halogens is 1. The summed E-state index contributed by atoms with van der Waals surface area (Å²) in [6, 6.07) is 16.0. The van der Waals surface area contributed by atoms with Gasteiger partial charge < -0.3 is 5.11 Å². The van der Waals surface area contributed by atoms with Crippen molar-refractivity contribution in [2.45, 2.75) is 6.04 Å². The fourth-order valence-electron chi connectivity index (χ4n) is 3.51. The van der Waals surface area contributed by atoms with Gasteiger partial charge in [-0.1, -0.05) is 42.5 Å². The van der Waals surface area contributed by atoms with E-state index in [1.807, 2.05) is 0 Å². The number of nitro groups is 1. The number of aromatic nitrogens is 1. The first kappa shape index (κ1) is 20.4. The van der Waals surface area contributed by atoms with Gasteiger partial charge in [-0.15, -0.1) is 0 Å². The Morgan fingerprint density at radius 2 is 1.71 bits per heavy atom. The number of aliphatic hydroxyl groups is 1. The molecule has 0 saturated carbocycles. The molecule has 9 heteroatoms. The Labute approximate surface area is 184 Å². The molecule has 0 aliphatic carbocycles. The van der Waals surface area contributed by atoms with Gasteiger partial charge in [0.1, 0.15) is 17.6 Å². The average molecular weight is 480 g/mol. The van der Waals surface area contributed by atoms with Crippen LogP contribution in [0.3, 0.4) is 0 Å². The SMILES string of the molecule is O=C1C(=O)N(c2ccc(Br)cn2)C(c2ccccc2[N+](=O)[O-])/C1=C(/O)c1ccccc1. The minimum Gasteiger partial charge on any atom is -0.507 e. The summed E-state index contributed by atoms with van der Waals surface area (Å²) < 4.78 is 0.652. The highest BCUT2D eigenvalue weighted by Gasteiger charge is 2.49. The monoisotopic (exact) mass is 479 g/mol. The highest BCUT2D eigenvalue weighted by molar-refractivity contribution is 9.10. The van der Waals surface area contributed by atoms with Gasteiger partial charge in [0.25, 0.3) is 11.5 Å². The molecule has 0 radical (unpaired) electrons. The number of carbonyl (C=O) groups is 2. The third-order valence-corrected chi connectivity index (χ3v) is 5.35. The predicted octanol–water partition coefficient (Wildman–Crippen LogP) is 4.38. The second kappa shape index (κ2) is 8.11. The number of hydrogen-bond acceptors (Lipinski definition) is 6. The lowest BCUT2D eigenvalue weighted by atomic mass is 9.94. The van der Waals surface area contributed by atoms with E-state index in [9.17, 15) is 24.8 Å². The summed E-state index contributed by atoms with van der Waals surface area (Å²) in [4.78, 5) is 42.4. The number of nitrogens with zero attached hydrogens (tertiary/aromatic N) is 3. The molecule has 31 heavy (non-hydrogen) atoms. The van der Waals surface area contributed by atoms with Crippen LogP contribution in [-0.2, 0) is 9.59 Å². The lowest BCUT2D eigenvalue weighted by Crippen LogP contribution is -2.30. The molecule has 154 valence electrons. The molecule has 1 atom stereocenters. The smallest absolute Gasteiger partial charge is 0.301 e. The Bertz CT molecular complexity index is 1230. The van der Waals surface area contributed by atoms with E-state index in [1.54, 1.807) is 42.5 Å². The van der Waals surface area contributed by atoms with Crippen molar-refractivity contribution in [3.63, 3.8) is 0 Å². The standard InChI is InChI=1S/C22H14BrN3O5/c23-14-10-11-17(24-12-14)25-19(15-8-4-5-9-16(15)26(30)31)18(21(28)22(25)29)20(27)13-6-2-1-3-7-13/h1-12,19,27H/b20-18-. The number of benzene rings is 2. The topological polar surface area (TPSA) is 114 Å². The molecule has 1 aliphatic rings. The van der Waals surface area contributed by atoms with Crippen molar-refractivity contribution in [2.24, 2.45) is 0 Å². The van der Waals surface area contributed by atoms with Crippen molar-refractivity contribution in [1.82, 2.24) is 4.98 Å². The molecular weight excluding hydrogens is 466 g/mol. The largest absolute Gasteiger partial charge is 0.507 e. The molecule has 0 bridgehead atoms. The van der Waals surface area contributed by atoms with Crippen molar-refractivity contribution in [3.05, 3.63) is 104 Å². The number of hydrogen-bond donors (Lipinski definition) is 1. The van der Waals surface area contributed by atoms with Gasteiger partial charge in [-0.2, -0.15) is 0 Å².